The fraction of sp³-hybridized carbons (Fsp3) is 0.148. The Morgan fingerprint density at radius 3 is 2.38 bits per heavy atom. The minimum absolute atomic E-state index is 0.159. The Balaban J connectivity index is 1.49. The second-order valence-electron chi connectivity index (χ2n) is 8.18. The molecule has 6 nitrogen and oxygen atoms in total. The SMILES string of the molecule is CC1=C(C(=O)Nc2ccccc2C)[C@@H](c2ccccc2)n2nc(SCc3ccccc3)nc2N1. The highest BCUT2D eigenvalue weighted by Gasteiger charge is 2.34. The summed E-state index contributed by atoms with van der Waals surface area (Å²) in [5.41, 5.74) is 5.37. The Morgan fingerprint density at radius 2 is 1.65 bits per heavy atom. The number of hydrogen-bond acceptors (Lipinski definition) is 5. The van der Waals surface area contributed by atoms with Crippen LogP contribution in [0.5, 0.6) is 0 Å². The lowest BCUT2D eigenvalue weighted by molar-refractivity contribution is -0.113. The molecule has 0 spiro atoms. The van der Waals surface area contributed by atoms with Gasteiger partial charge in [0.15, 0.2) is 0 Å². The predicted octanol–water partition coefficient (Wildman–Crippen LogP) is 5.81. The van der Waals surface area contributed by atoms with Crippen molar-refractivity contribution >= 4 is 29.3 Å². The molecular formula is C27H25N5OS. The van der Waals surface area contributed by atoms with Gasteiger partial charge in [-0.3, -0.25) is 4.79 Å². The summed E-state index contributed by atoms with van der Waals surface area (Å²) >= 11 is 1.58. The molecule has 170 valence electrons. The van der Waals surface area contributed by atoms with E-state index in [-0.39, 0.29) is 11.9 Å². The van der Waals surface area contributed by atoms with E-state index in [2.05, 4.69) is 22.8 Å². The van der Waals surface area contributed by atoms with Crippen molar-refractivity contribution in [3.63, 3.8) is 0 Å². The van der Waals surface area contributed by atoms with E-state index in [1.807, 2.05) is 91.3 Å². The average molecular weight is 468 g/mol. The number of allylic oxidation sites excluding steroid dienone is 1. The topological polar surface area (TPSA) is 71.8 Å². The van der Waals surface area contributed by atoms with Gasteiger partial charge in [0.2, 0.25) is 11.1 Å². The molecule has 1 aromatic heterocycles. The van der Waals surface area contributed by atoms with Crippen LogP contribution in [0, 0.1) is 6.92 Å². The molecule has 7 heteroatoms. The number of fused-ring (bicyclic) bond motifs is 1. The van der Waals surface area contributed by atoms with Gasteiger partial charge in [0.05, 0.1) is 5.57 Å². The molecule has 34 heavy (non-hydrogen) atoms. The number of anilines is 2. The number of hydrogen-bond donors (Lipinski definition) is 2. The lowest BCUT2D eigenvalue weighted by Gasteiger charge is -2.28. The number of aryl methyl sites for hydroxylation is 1. The van der Waals surface area contributed by atoms with Crippen LogP contribution in [0.25, 0.3) is 0 Å². The standard InChI is InChI=1S/C27H25N5OS/c1-18-11-9-10-16-22(18)29-25(33)23-19(2)28-26-30-27(34-17-20-12-5-3-6-13-20)31-32(26)24(23)21-14-7-4-8-15-21/h3-16,24H,17H2,1-2H3,(H,29,33)(H,28,30,31)/t24-/m1/s1. The summed E-state index contributed by atoms with van der Waals surface area (Å²) in [4.78, 5) is 18.3. The zero-order chi connectivity index (χ0) is 23.5. The van der Waals surface area contributed by atoms with Gasteiger partial charge >= 0.3 is 0 Å². The van der Waals surface area contributed by atoms with E-state index in [4.69, 9.17) is 10.1 Å². The van der Waals surface area contributed by atoms with E-state index in [0.29, 0.717) is 16.7 Å². The number of thioether (sulfide) groups is 1. The Hall–Kier alpha value is -3.84. The molecule has 0 saturated carbocycles. The minimum atomic E-state index is -0.389. The maximum atomic E-state index is 13.6. The summed E-state index contributed by atoms with van der Waals surface area (Å²) in [6, 6.07) is 27.6. The van der Waals surface area contributed by atoms with Crippen LogP contribution in [0.4, 0.5) is 11.6 Å². The first-order chi connectivity index (χ1) is 16.6. The molecule has 1 amide bonds. The Kier molecular flexibility index (Phi) is 6.18. The minimum Gasteiger partial charge on any atom is -0.328 e. The molecule has 2 N–H and O–H groups in total. The van der Waals surface area contributed by atoms with Gasteiger partial charge in [0, 0.05) is 17.1 Å². The second kappa shape index (κ2) is 9.57. The van der Waals surface area contributed by atoms with Gasteiger partial charge < -0.3 is 10.6 Å². The second-order valence-corrected chi connectivity index (χ2v) is 9.13. The summed E-state index contributed by atoms with van der Waals surface area (Å²) in [6.45, 7) is 3.90. The lowest BCUT2D eigenvalue weighted by Crippen LogP contribution is -2.31. The number of amides is 1. The van der Waals surface area contributed by atoms with Crippen LogP contribution < -0.4 is 10.6 Å². The third-order valence-electron chi connectivity index (χ3n) is 5.80. The van der Waals surface area contributed by atoms with Crippen molar-refractivity contribution in [1.82, 2.24) is 14.8 Å². The smallest absolute Gasteiger partial charge is 0.255 e. The number of carbonyl (C=O) groups excluding carboxylic acids is 1. The van der Waals surface area contributed by atoms with Crippen molar-refractivity contribution in [2.75, 3.05) is 10.6 Å². The molecular weight excluding hydrogens is 442 g/mol. The number of nitrogens with one attached hydrogen (secondary N) is 2. The molecule has 5 rings (SSSR count). The summed E-state index contributed by atoms with van der Waals surface area (Å²) in [5.74, 6) is 1.25. The van der Waals surface area contributed by atoms with E-state index in [9.17, 15) is 4.79 Å². The van der Waals surface area contributed by atoms with Gasteiger partial charge in [0.1, 0.15) is 6.04 Å². The number of carbonyl (C=O) groups is 1. The quantitative estimate of drug-likeness (QED) is 0.350. The van der Waals surface area contributed by atoms with Crippen LogP contribution >= 0.6 is 11.8 Å². The third-order valence-corrected chi connectivity index (χ3v) is 6.71. The highest BCUT2D eigenvalue weighted by atomic mass is 32.2. The number of aromatic nitrogens is 3. The molecule has 1 atom stereocenters. The number of rotatable bonds is 6. The normalized spacial score (nSPS) is 14.9. The van der Waals surface area contributed by atoms with Gasteiger partial charge in [-0.05, 0) is 36.6 Å². The van der Waals surface area contributed by atoms with Crippen LogP contribution in [-0.2, 0) is 10.5 Å². The van der Waals surface area contributed by atoms with Crippen molar-refractivity contribution in [1.29, 1.82) is 0 Å². The summed E-state index contributed by atoms with van der Waals surface area (Å²) in [7, 11) is 0. The van der Waals surface area contributed by atoms with Crippen molar-refractivity contribution in [3.8, 4) is 0 Å². The Labute approximate surface area is 203 Å². The lowest BCUT2D eigenvalue weighted by atomic mass is 9.95. The summed E-state index contributed by atoms with van der Waals surface area (Å²) < 4.78 is 1.82. The Morgan fingerprint density at radius 1 is 0.971 bits per heavy atom. The molecule has 0 aliphatic carbocycles. The summed E-state index contributed by atoms with van der Waals surface area (Å²) in [5, 5.41) is 11.9. The predicted molar refractivity (Wildman–Crippen MR) is 137 cm³/mol. The molecule has 0 fully saturated rings. The maximum Gasteiger partial charge on any atom is 0.255 e. The van der Waals surface area contributed by atoms with Crippen LogP contribution in [0.2, 0.25) is 0 Å². The highest BCUT2D eigenvalue weighted by Crippen LogP contribution is 2.37. The number of nitrogens with zero attached hydrogens (tertiary/aromatic N) is 3. The van der Waals surface area contributed by atoms with Gasteiger partial charge in [-0.1, -0.05) is 90.6 Å². The zero-order valence-corrected chi connectivity index (χ0v) is 19.8. The van der Waals surface area contributed by atoms with Crippen LogP contribution in [-0.4, -0.2) is 20.7 Å². The molecule has 0 radical (unpaired) electrons. The van der Waals surface area contributed by atoms with Gasteiger partial charge in [0.25, 0.3) is 5.91 Å². The third kappa shape index (κ3) is 4.47. The fourth-order valence-electron chi connectivity index (χ4n) is 4.06. The van der Waals surface area contributed by atoms with Crippen LogP contribution in [0.1, 0.15) is 29.7 Å². The Bertz CT molecular complexity index is 1350. The molecule has 4 aromatic rings. The average Bonchev–Trinajstić information content (AvgIpc) is 3.26. The van der Waals surface area contributed by atoms with E-state index in [0.717, 1.165) is 28.3 Å². The zero-order valence-electron chi connectivity index (χ0n) is 19.0. The number of benzene rings is 3. The molecule has 1 aliphatic rings. The van der Waals surface area contributed by atoms with Crippen LogP contribution in [0.15, 0.2) is 101 Å². The summed E-state index contributed by atoms with van der Waals surface area (Å²) in [6.07, 6.45) is 0. The molecule has 0 saturated heterocycles. The molecule has 0 bridgehead atoms. The van der Waals surface area contributed by atoms with Crippen molar-refractivity contribution < 1.29 is 4.79 Å². The van der Waals surface area contributed by atoms with Crippen molar-refractivity contribution in [2.45, 2.75) is 30.8 Å². The molecule has 0 unspecified atom stereocenters. The highest BCUT2D eigenvalue weighted by molar-refractivity contribution is 7.98. The molecule has 2 heterocycles. The van der Waals surface area contributed by atoms with Gasteiger partial charge in [-0.2, -0.15) is 4.98 Å². The monoisotopic (exact) mass is 467 g/mol. The first-order valence-corrected chi connectivity index (χ1v) is 12.1. The van der Waals surface area contributed by atoms with E-state index in [1.165, 1.54) is 5.56 Å². The van der Waals surface area contributed by atoms with Crippen LogP contribution in [0.3, 0.4) is 0 Å². The first kappa shape index (κ1) is 22.0. The maximum absolute atomic E-state index is 13.6. The van der Waals surface area contributed by atoms with Crippen molar-refractivity contribution in [2.24, 2.45) is 0 Å². The van der Waals surface area contributed by atoms with Crippen molar-refractivity contribution in [3.05, 3.63) is 113 Å². The van der Waals surface area contributed by atoms with Gasteiger partial charge in [-0.15, -0.1) is 5.10 Å². The first-order valence-electron chi connectivity index (χ1n) is 11.1. The largest absolute Gasteiger partial charge is 0.328 e. The van der Waals surface area contributed by atoms with E-state index < -0.39 is 0 Å². The van der Waals surface area contributed by atoms with E-state index in [1.54, 1.807) is 11.8 Å². The fourth-order valence-corrected chi connectivity index (χ4v) is 4.84. The number of para-hydroxylation sites is 1. The molecule has 1 aliphatic heterocycles. The van der Waals surface area contributed by atoms with Gasteiger partial charge in [-0.25, -0.2) is 4.68 Å². The molecule has 3 aromatic carbocycles. The van der Waals surface area contributed by atoms with E-state index >= 15 is 0 Å².